The highest BCUT2D eigenvalue weighted by molar-refractivity contribution is 9.09. The Morgan fingerprint density at radius 2 is 2.50 bits per heavy atom. The average molecular weight is 154 g/mol. The fraction of sp³-hybridized carbons (Fsp3) is 1.00. The van der Waals surface area contributed by atoms with E-state index in [4.69, 9.17) is 5.11 Å². The van der Waals surface area contributed by atoms with Crippen molar-refractivity contribution in [1.82, 2.24) is 0 Å². The van der Waals surface area contributed by atoms with Crippen LogP contribution in [-0.4, -0.2) is 16.7 Å². The van der Waals surface area contributed by atoms with Crippen LogP contribution in [0.25, 0.3) is 0 Å². The summed E-state index contributed by atoms with van der Waals surface area (Å²) in [5.74, 6) is 0. The molecule has 3 nitrogen and oxygen atoms in total. The summed E-state index contributed by atoms with van der Waals surface area (Å²) >= 11 is 2.75. The maximum Gasteiger partial charge on any atom is 0.169 e. The molecule has 0 aliphatic rings. The maximum atomic E-state index is 9.28. The molecule has 0 fully saturated rings. The molecule has 0 aromatic carbocycles. The molecule has 0 spiro atoms. The van der Waals surface area contributed by atoms with Crippen molar-refractivity contribution < 1.29 is 5.11 Å². The first kappa shape index (κ1) is 6.04. The van der Waals surface area contributed by atoms with E-state index in [9.17, 15) is 4.91 Å². The van der Waals surface area contributed by atoms with Crippen LogP contribution in [0.5, 0.6) is 0 Å². The molecule has 0 aliphatic heterocycles. The van der Waals surface area contributed by atoms with E-state index in [0.717, 1.165) is 0 Å². The molecule has 0 rings (SSSR count). The van der Waals surface area contributed by atoms with Gasteiger partial charge in [-0.05, 0) is 0 Å². The monoisotopic (exact) mass is 153 g/mol. The Bertz CT molecular complexity index is 48.8. The molecule has 0 saturated carbocycles. The van der Waals surface area contributed by atoms with Crippen molar-refractivity contribution in [2.45, 2.75) is 4.95 Å². The van der Waals surface area contributed by atoms with Crippen molar-refractivity contribution in [3.63, 3.8) is 0 Å². The topological polar surface area (TPSA) is 49.7 Å². The summed E-state index contributed by atoms with van der Waals surface area (Å²) in [4.78, 5) is 8.65. The Morgan fingerprint density at radius 1 is 2.00 bits per heavy atom. The summed E-state index contributed by atoms with van der Waals surface area (Å²) in [6.07, 6.45) is 0. The summed E-state index contributed by atoms with van der Waals surface area (Å²) < 4.78 is 0. The lowest BCUT2D eigenvalue weighted by atomic mass is 10.7. The van der Waals surface area contributed by atoms with Gasteiger partial charge in [-0.3, -0.25) is 0 Å². The van der Waals surface area contributed by atoms with E-state index in [1.54, 1.807) is 0 Å². The first-order valence-corrected chi connectivity index (χ1v) is 2.30. The van der Waals surface area contributed by atoms with Gasteiger partial charge >= 0.3 is 0 Å². The second-order valence-corrected chi connectivity index (χ2v) is 1.78. The Hall–Kier alpha value is 0.0400. The number of hydrogen-bond donors (Lipinski definition) is 1. The van der Waals surface area contributed by atoms with Crippen molar-refractivity contribution in [2.24, 2.45) is 5.18 Å². The van der Waals surface area contributed by atoms with E-state index in [1.165, 1.54) is 0 Å². The fourth-order valence-electron chi connectivity index (χ4n) is 0.0333. The smallest absolute Gasteiger partial charge is 0.169 e. The van der Waals surface area contributed by atoms with Crippen LogP contribution in [0.3, 0.4) is 0 Å². The Labute approximate surface area is 43.5 Å². The molecular weight excluding hydrogens is 150 g/mol. The molecule has 0 bridgehead atoms. The number of nitrogens with zero attached hydrogens (tertiary/aromatic N) is 1. The van der Waals surface area contributed by atoms with E-state index >= 15 is 0 Å². The Balaban J connectivity index is 2.96. The first-order valence-electron chi connectivity index (χ1n) is 1.38. The van der Waals surface area contributed by atoms with Crippen LogP contribution in [0.1, 0.15) is 0 Å². The summed E-state index contributed by atoms with van der Waals surface area (Å²) in [7, 11) is 0. The fourth-order valence-corrected chi connectivity index (χ4v) is 0.0333. The number of alkyl halides is 1. The van der Waals surface area contributed by atoms with E-state index in [2.05, 4.69) is 21.1 Å². The number of aliphatic hydroxyl groups excluding tert-OH is 1. The predicted octanol–water partition coefficient (Wildman–Crippen LogP) is 0.466. The van der Waals surface area contributed by atoms with Crippen LogP contribution in [-0.2, 0) is 0 Å². The third-order valence-electron chi connectivity index (χ3n) is 0.265. The molecule has 1 N–H and O–H groups in total. The van der Waals surface area contributed by atoms with Gasteiger partial charge in [0.05, 0.1) is 6.61 Å². The van der Waals surface area contributed by atoms with Crippen LogP contribution >= 0.6 is 15.9 Å². The van der Waals surface area contributed by atoms with Crippen molar-refractivity contribution in [1.29, 1.82) is 0 Å². The third kappa shape index (κ3) is 2.29. The van der Waals surface area contributed by atoms with Gasteiger partial charge in [0.15, 0.2) is 4.95 Å². The molecule has 0 saturated heterocycles. The maximum absolute atomic E-state index is 9.28. The van der Waals surface area contributed by atoms with Gasteiger partial charge in [0.1, 0.15) is 0 Å². The minimum absolute atomic E-state index is 0.233. The van der Waals surface area contributed by atoms with Gasteiger partial charge in [0, 0.05) is 0 Å². The summed E-state index contributed by atoms with van der Waals surface area (Å²) in [6.45, 7) is -0.233. The quantitative estimate of drug-likeness (QED) is 0.357. The lowest BCUT2D eigenvalue weighted by molar-refractivity contribution is 0.298. The summed E-state index contributed by atoms with van der Waals surface area (Å²) in [6, 6.07) is 0. The van der Waals surface area contributed by atoms with E-state index in [1.807, 2.05) is 0 Å². The first-order chi connectivity index (χ1) is 2.81. The van der Waals surface area contributed by atoms with Gasteiger partial charge in [-0.1, -0.05) is 21.1 Å². The van der Waals surface area contributed by atoms with Gasteiger partial charge < -0.3 is 5.11 Å². The van der Waals surface area contributed by atoms with E-state index in [0.29, 0.717) is 0 Å². The normalized spacial score (nSPS) is 13.7. The summed E-state index contributed by atoms with van der Waals surface area (Å²) in [5, 5.41) is 10.4. The number of halogens is 1. The molecule has 0 aromatic rings. The molecule has 0 radical (unpaired) electrons. The molecule has 0 heterocycles. The molecular formula is C2H4BrNO2. The predicted molar refractivity (Wildman–Crippen MR) is 25.6 cm³/mol. The molecule has 1 atom stereocenters. The van der Waals surface area contributed by atoms with Gasteiger partial charge in [0.25, 0.3) is 0 Å². The van der Waals surface area contributed by atoms with Crippen LogP contribution in [0.15, 0.2) is 5.18 Å². The van der Waals surface area contributed by atoms with E-state index < -0.39 is 4.95 Å². The standard InChI is InChI=1S/C2H4BrNO2/c3-2(1-5)4-6/h2,5H,1H2. The van der Waals surface area contributed by atoms with Gasteiger partial charge in [0.2, 0.25) is 0 Å². The van der Waals surface area contributed by atoms with Crippen LogP contribution < -0.4 is 0 Å². The zero-order chi connectivity index (χ0) is 4.99. The highest BCUT2D eigenvalue weighted by atomic mass is 79.9. The van der Waals surface area contributed by atoms with E-state index in [-0.39, 0.29) is 6.61 Å². The van der Waals surface area contributed by atoms with Crippen LogP contribution in [0.4, 0.5) is 0 Å². The lowest BCUT2D eigenvalue weighted by Crippen LogP contribution is -1.96. The highest BCUT2D eigenvalue weighted by Gasteiger charge is 1.94. The third-order valence-corrected chi connectivity index (χ3v) is 0.722. The molecule has 36 valence electrons. The number of nitroso groups, excluding NO2 is 1. The SMILES string of the molecule is O=NC(Br)CO. The van der Waals surface area contributed by atoms with Crippen molar-refractivity contribution >= 4 is 15.9 Å². The van der Waals surface area contributed by atoms with Crippen LogP contribution in [0.2, 0.25) is 0 Å². The summed E-state index contributed by atoms with van der Waals surface area (Å²) in [5.41, 5.74) is 0. The molecule has 0 aromatic heterocycles. The molecule has 0 amide bonds. The van der Waals surface area contributed by atoms with Crippen LogP contribution in [0, 0.1) is 4.91 Å². The van der Waals surface area contributed by atoms with Crippen molar-refractivity contribution in [2.75, 3.05) is 6.61 Å². The van der Waals surface area contributed by atoms with Crippen molar-refractivity contribution in [3.05, 3.63) is 4.91 Å². The largest absolute Gasteiger partial charge is 0.393 e. The van der Waals surface area contributed by atoms with Gasteiger partial charge in [-0.25, -0.2) is 0 Å². The van der Waals surface area contributed by atoms with Gasteiger partial charge in [-0.2, -0.15) is 0 Å². The Morgan fingerprint density at radius 3 is 2.50 bits per heavy atom. The van der Waals surface area contributed by atoms with Gasteiger partial charge in [-0.15, -0.1) is 4.91 Å². The number of hydrogen-bond acceptors (Lipinski definition) is 3. The second kappa shape index (κ2) is 3.24. The van der Waals surface area contributed by atoms with Crippen molar-refractivity contribution in [3.8, 4) is 0 Å². The molecule has 6 heavy (non-hydrogen) atoms. The number of aliphatic hydroxyl groups is 1. The minimum atomic E-state index is -0.627. The molecule has 0 aliphatic carbocycles. The minimum Gasteiger partial charge on any atom is -0.393 e. The zero-order valence-corrected chi connectivity index (χ0v) is 4.55. The highest BCUT2D eigenvalue weighted by Crippen LogP contribution is 1.95. The second-order valence-electron chi connectivity index (χ2n) is 0.722. The number of rotatable bonds is 2. The molecule has 4 heteroatoms. The zero-order valence-electron chi connectivity index (χ0n) is 2.97. The lowest BCUT2D eigenvalue weighted by Gasteiger charge is -1.85. The molecule has 1 unspecified atom stereocenters. The average Bonchev–Trinajstić information content (AvgIpc) is 1.65. The Kier molecular flexibility index (Phi) is 3.26.